The van der Waals surface area contributed by atoms with Crippen LogP contribution in [-0.2, 0) is 14.8 Å². The molecule has 0 fully saturated rings. The molecule has 2 aromatic rings. The smallest absolute Gasteiger partial charge is 0.242 e. The van der Waals surface area contributed by atoms with Crippen molar-refractivity contribution >= 4 is 68.0 Å². The van der Waals surface area contributed by atoms with Crippen LogP contribution < -0.4 is 10.0 Å². The highest BCUT2D eigenvalue weighted by molar-refractivity contribution is 7.89. The molecule has 0 aliphatic carbocycles. The van der Waals surface area contributed by atoms with Gasteiger partial charge in [-0.05, 0) is 43.3 Å². The Morgan fingerprint density at radius 3 is 2.16 bits per heavy atom. The molecule has 10 heteroatoms. The highest BCUT2D eigenvalue weighted by Gasteiger charge is 2.24. The minimum atomic E-state index is -4.05. The van der Waals surface area contributed by atoms with E-state index in [0.29, 0.717) is 5.02 Å². The lowest BCUT2D eigenvalue weighted by molar-refractivity contribution is -0.117. The third-order valence-corrected chi connectivity index (χ3v) is 5.92. The molecule has 0 aromatic heterocycles. The summed E-state index contributed by atoms with van der Waals surface area (Å²) in [5, 5.41) is 3.34. The second-order valence-corrected chi connectivity index (χ2v) is 8.40. The Balaban J connectivity index is 2.17. The van der Waals surface area contributed by atoms with Gasteiger partial charge in [0.2, 0.25) is 15.9 Å². The van der Waals surface area contributed by atoms with E-state index >= 15 is 0 Å². The van der Waals surface area contributed by atoms with E-state index in [1.54, 1.807) is 6.07 Å². The second kappa shape index (κ2) is 8.12. The van der Waals surface area contributed by atoms with Gasteiger partial charge in [-0.2, -0.15) is 4.72 Å². The number of amides is 1. The maximum absolute atomic E-state index is 12.4. The quantitative estimate of drug-likeness (QED) is 0.711. The summed E-state index contributed by atoms with van der Waals surface area (Å²) in [5.74, 6) is -0.620. The Morgan fingerprint density at radius 1 is 0.960 bits per heavy atom. The molecule has 25 heavy (non-hydrogen) atoms. The lowest BCUT2D eigenvalue weighted by Gasteiger charge is -2.16. The number of benzene rings is 2. The molecule has 1 amide bonds. The topological polar surface area (TPSA) is 75.3 Å². The molecule has 0 aliphatic heterocycles. The lowest BCUT2D eigenvalue weighted by Crippen LogP contribution is -2.41. The van der Waals surface area contributed by atoms with Crippen molar-refractivity contribution in [1.82, 2.24) is 4.72 Å². The minimum absolute atomic E-state index is 0.0117. The number of hydrogen-bond acceptors (Lipinski definition) is 3. The van der Waals surface area contributed by atoms with Crippen molar-refractivity contribution in [3.05, 3.63) is 56.5 Å². The highest BCUT2D eigenvalue weighted by atomic mass is 35.5. The largest absolute Gasteiger partial charge is 0.323 e. The molecule has 0 heterocycles. The summed E-state index contributed by atoms with van der Waals surface area (Å²) in [6.07, 6.45) is 0. The van der Waals surface area contributed by atoms with Crippen molar-refractivity contribution in [1.29, 1.82) is 0 Å². The number of hydrogen-bond donors (Lipinski definition) is 2. The van der Waals surface area contributed by atoms with Crippen molar-refractivity contribution in [3.8, 4) is 0 Å². The first-order valence-corrected chi connectivity index (χ1v) is 9.83. The average Bonchev–Trinajstić information content (AvgIpc) is 2.52. The van der Waals surface area contributed by atoms with Crippen LogP contribution in [0.5, 0.6) is 0 Å². The summed E-state index contributed by atoms with van der Waals surface area (Å²) in [5.41, 5.74) is 0.269. The molecule has 0 unspecified atom stereocenters. The van der Waals surface area contributed by atoms with Gasteiger partial charge in [-0.15, -0.1) is 0 Å². The van der Waals surface area contributed by atoms with E-state index in [0.717, 1.165) is 0 Å². The molecule has 2 N–H and O–H groups in total. The summed E-state index contributed by atoms with van der Waals surface area (Å²) < 4.78 is 27.1. The number of carbonyl (C=O) groups excluding carboxylic acids is 1. The minimum Gasteiger partial charge on any atom is -0.323 e. The Morgan fingerprint density at radius 2 is 1.52 bits per heavy atom. The summed E-state index contributed by atoms with van der Waals surface area (Å²) in [6.45, 7) is 1.38. The van der Waals surface area contributed by atoms with Gasteiger partial charge in [-0.25, -0.2) is 8.42 Å². The van der Waals surface area contributed by atoms with Crippen LogP contribution in [0.4, 0.5) is 5.69 Å². The standard InChI is InChI=1S/C15H12Cl4N2O3S/c1-8(15(22)20-13-6-9(16)2-4-11(13)18)21-25(23,24)14-7-10(17)3-5-12(14)19/h2-8,21H,1H3,(H,20,22)/t8-/m0/s1. The van der Waals surface area contributed by atoms with E-state index in [9.17, 15) is 13.2 Å². The predicted octanol–water partition coefficient (Wildman–Crippen LogP) is 4.61. The first kappa shape index (κ1) is 20.3. The first-order chi connectivity index (χ1) is 11.6. The summed E-state index contributed by atoms with van der Waals surface area (Å²) >= 11 is 23.5. The van der Waals surface area contributed by atoms with Gasteiger partial charge >= 0.3 is 0 Å². The molecule has 2 rings (SSSR count). The van der Waals surface area contributed by atoms with Crippen LogP contribution in [0.15, 0.2) is 41.3 Å². The fourth-order valence-corrected chi connectivity index (χ4v) is 4.17. The number of anilines is 1. The van der Waals surface area contributed by atoms with E-state index in [1.807, 2.05) is 0 Å². The maximum atomic E-state index is 12.4. The Hall–Kier alpha value is -1.02. The van der Waals surface area contributed by atoms with Gasteiger partial charge in [0.25, 0.3) is 0 Å². The third kappa shape index (κ3) is 5.23. The molecular formula is C15H12Cl4N2O3S. The molecule has 0 saturated carbocycles. The maximum Gasteiger partial charge on any atom is 0.242 e. The fourth-order valence-electron chi connectivity index (χ4n) is 1.87. The van der Waals surface area contributed by atoms with Crippen LogP contribution in [0.3, 0.4) is 0 Å². The van der Waals surface area contributed by atoms with Gasteiger partial charge in [0.15, 0.2) is 0 Å². The molecule has 0 saturated heterocycles. The van der Waals surface area contributed by atoms with Crippen LogP contribution >= 0.6 is 46.4 Å². The van der Waals surface area contributed by atoms with Crippen molar-refractivity contribution in [2.45, 2.75) is 17.9 Å². The van der Waals surface area contributed by atoms with Crippen LogP contribution in [0.25, 0.3) is 0 Å². The number of rotatable bonds is 5. The molecule has 5 nitrogen and oxygen atoms in total. The van der Waals surface area contributed by atoms with Gasteiger partial charge in [0.1, 0.15) is 4.90 Å². The van der Waals surface area contributed by atoms with Gasteiger partial charge in [-0.1, -0.05) is 46.4 Å². The van der Waals surface area contributed by atoms with Crippen LogP contribution in [-0.4, -0.2) is 20.4 Å². The van der Waals surface area contributed by atoms with E-state index in [4.69, 9.17) is 46.4 Å². The van der Waals surface area contributed by atoms with E-state index in [1.165, 1.54) is 37.3 Å². The molecule has 0 radical (unpaired) electrons. The van der Waals surface area contributed by atoms with Gasteiger partial charge in [-0.3, -0.25) is 4.79 Å². The number of carbonyl (C=O) groups is 1. The second-order valence-electron chi connectivity index (χ2n) is 5.03. The van der Waals surface area contributed by atoms with Crippen molar-refractivity contribution in [2.24, 2.45) is 0 Å². The van der Waals surface area contributed by atoms with E-state index in [2.05, 4.69) is 10.0 Å². The first-order valence-electron chi connectivity index (χ1n) is 6.83. The summed E-state index contributed by atoms with van der Waals surface area (Å²) in [4.78, 5) is 12.0. The zero-order chi connectivity index (χ0) is 18.8. The molecule has 134 valence electrons. The average molecular weight is 442 g/mol. The Bertz CT molecular complexity index is 919. The van der Waals surface area contributed by atoms with Crippen LogP contribution in [0, 0.1) is 0 Å². The monoisotopic (exact) mass is 440 g/mol. The fraction of sp³-hybridized carbons (Fsp3) is 0.133. The molecule has 1 atom stereocenters. The van der Waals surface area contributed by atoms with E-state index < -0.39 is 22.0 Å². The zero-order valence-corrected chi connectivity index (χ0v) is 16.5. The SMILES string of the molecule is C[C@H](NS(=O)(=O)c1cc(Cl)ccc1Cl)C(=O)Nc1cc(Cl)ccc1Cl. The summed E-state index contributed by atoms with van der Waals surface area (Å²) in [6, 6.07) is 7.44. The van der Waals surface area contributed by atoms with E-state index in [-0.39, 0.29) is 25.7 Å². The number of halogens is 4. The predicted molar refractivity (Wildman–Crippen MR) is 101 cm³/mol. The molecule has 0 spiro atoms. The molecule has 0 aliphatic rings. The zero-order valence-electron chi connectivity index (χ0n) is 12.7. The molecular weight excluding hydrogens is 430 g/mol. The van der Waals surface area contributed by atoms with Crippen LogP contribution in [0.1, 0.15) is 6.92 Å². The van der Waals surface area contributed by atoms with Crippen LogP contribution in [0.2, 0.25) is 20.1 Å². The molecule has 2 aromatic carbocycles. The summed E-state index contributed by atoms with van der Waals surface area (Å²) in [7, 11) is -4.05. The number of sulfonamides is 1. The highest BCUT2D eigenvalue weighted by Crippen LogP contribution is 2.27. The van der Waals surface area contributed by atoms with Gasteiger partial charge < -0.3 is 5.32 Å². The van der Waals surface area contributed by atoms with Gasteiger partial charge in [0.05, 0.1) is 21.8 Å². The van der Waals surface area contributed by atoms with Gasteiger partial charge in [0, 0.05) is 10.0 Å². The Labute approximate surface area is 165 Å². The van der Waals surface area contributed by atoms with Crippen molar-refractivity contribution in [2.75, 3.05) is 5.32 Å². The third-order valence-electron chi connectivity index (χ3n) is 3.09. The number of nitrogens with one attached hydrogen (secondary N) is 2. The van der Waals surface area contributed by atoms with Crippen molar-refractivity contribution < 1.29 is 13.2 Å². The normalized spacial score (nSPS) is 12.7. The Kier molecular flexibility index (Phi) is 6.59. The lowest BCUT2D eigenvalue weighted by atomic mass is 10.3. The van der Waals surface area contributed by atoms with Crippen molar-refractivity contribution in [3.63, 3.8) is 0 Å². The molecule has 0 bridgehead atoms.